The lowest BCUT2D eigenvalue weighted by Gasteiger charge is -2.07. The summed E-state index contributed by atoms with van der Waals surface area (Å²) in [6.45, 7) is 0.0709. The molecule has 0 fully saturated rings. The molecule has 1 aromatic carbocycles. The minimum Gasteiger partial charge on any atom is -0.483 e. The van der Waals surface area contributed by atoms with Gasteiger partial charge in [-0.15, -0.1) is 22.5 Å². The molecule has 26 heavy (non-hydrogen) atoms. The van der Waals surface area contributed by atoms with E-state index in [2.05, 4.69) is 31.7 Å². The summed E-state index contributed by atoms with van der Waals surface area (Å²) < 4.78 is 18.9. The Labute approximate surface area is 153 Å². The zero-order valence-electron chi connectivity index (χ0n) is 13.8. The first kappa shape index (κ1) is 17.9. The van der Waals surface area contributed by atoms with Crippen molar-refractivity contribution in [1.82, 2.24) is 10.2 Å². The molecule has 1 aliphatic rings. The van der Waals surface area contributed by atoms with Gasteiger partial charge in [-0.25, -0.2) is 4.39 Å². The molecule has 3 rings (SSSR count). The summed E-state index contributed by atoms with van der Waals surface area (Å²) in [6, 6.07) is 6.11. The normalized spacial score (nSPS) is 13.8. The highest BCUT2D eigenvalue weighted by Crippen LogP contribution is 2.37. The van der Waals surface area contributed by atoms with Gasteiger partial charge >= 0.3 is 0 Å². The lowest BCUT2D eigenvalue weighted by molar-refractivity contribution is -0.116. The van der Waals surface area contributed by atoms with E-state index < -0.39 is 11.5 Å². The number of terminal acetylenes is 1. The molecule has 2 aromatic rings. The molecule has 0 radical (unpaired) electrons. The summed E-state index contributed by atoms with van der Waals surface area (Å²) >= 11 is 1.17. The van der Waals surface area contributed by atoms with Crippen molar-refractivity contribution in [3.8, 4) is 18.1 Å². The second kappa shape index (κ2) is 8.01. The number of carbonyl (C=O) groups excluding carboxylic acids is 1. The molecular weight excluding hydrogens is 357 g/mol. The van der Waals surface area contributed by atoms with Crippen LogP contribution < -0.4 is 10.1 Å². The number of nitrogens with zero attached hydrogens (tertiary/aromatic N) is 4. The van der Waals surface area contributed by atoms with Crippen molar-refractivity contribution in [2.75, 3.05) is 5.32 Å². The quantitative estimate of drug-likeness (QED) is 0.681. The van der Waals surface area contributed by atoms with E-state index in [0.29, 0.717) is 29.4 Å². The number of ether oxygens (including phenoxy) is 1. The van der Waals surface area contributed by atoms with Crippen LogP contribution in [0.25, 0.3) is 0 Å². The maximum atomic E-state index is 13.5. The van der Waals surface area contributed by atoms with E-state index in [4.69, 9.17) is 11.2 Å². The lowest BCUT2D eigenvalue weighted by atomic mass is 10.0. The molecule has 9 heteroatoms. The number of carbonyl (C=O) groups is 1. The van der Waals surface area contributed by atoms with E-state index in [1.807, 2.05) is 0 Å². The molecule has 0 bridgehead atoms. The molecule has 7 nitrogen and oxygen atoms in total. The van der Waals surface area contributed by atoms with Crippen LogP contribution in [-0.4, -0.2) is 21.8 Å². The van der Waals surface area contributed by atoms with Gasteiger partial charge in [0.25, 0.3) is 0 Å². The van der Waals surface area contributed by atoms with Crippen molar-refractivity contribution in [2.24, 2.45) is 10.2 Å². The van der Waals surface area contributed by atoms with E-state index in [1.54, 1.807) is 12.1 Å². The summed E-state index contributed by atoms with van der Waals surface area (Å²) in [4.78, 5) is 12.0. The Hall–Kier alpha value is -2.86. The summed E-state index contributed by atoms with van der Waals surface area (Å²) in [6.07, 6.45) is 7.25. The van der Waals surface area contributed by atoms with Gasteiger partial charge < -0.3 is 10.1 Å². The van der Waals surface area contributed by atoms with Crippen molar-refractivity contribution in [2.45, 2.75) is 38.0 Å². The first-order valence-corrected chi connectivity index (χ1v) is 8.79. The van der Waals surface area contributed by atoms with Crippen LogP contribution in [0.1, 0.15) is 30.7 Å². The van der Waals surface area contributed by atoms with Gasteiger partial charge in [-0.05, 0) is 12.1 Å². The molecule has 0 unspecified atom stereocenters. The molecule has 134 valence electrons. The van der Waals surface area contributed by atoms with Crippen LogP contribution in [0.3, 0.4) is 0 Å². The zero-order valence-corrected chi connectivity index (χ0v) is 14.6. The van der Waals surface area contributed by atoms with Crippen LogP contribution in [0, 0.1) is 18.2 Å². The average molecular weight is 373 g/mol. The Kier molecular flexibility index (Phi) is 5.53. The maximum Gasteiger partial charge on any atom is 0.226 e. The number of halogens is 1. The summed E-state index contributed by atoms with van der Waals surface area (Å²) in [7, 11) is 0. The van der Waals surface area contributed by atoms with Crippen molar-refractivity contribution in [1.29, 1.82) is 0 Å². The standard InChI is InChI=1S/C17H16FN5O2S/c1-2-3-9-17(22-23-17)10-8-14(24)19-16-21-20-15(26-16)11-25-13-7-5-4-6-12(13)18/h1,4-7H,3,8-11H2,(H,19,21,24). The van der Waals surface area contributed by atoms with Gasteiger partial charge in [-0.3, -0.25) is 4.79 Å². The predicted octanol–water partition coefficient (Wildman–Crippen LogP) is 3.55. The van der Waals surface area contributed by atoms with Gasteiger partial charge in [-0.2, -0.15) is 10.2 Å². The Morgan fingerprint density at radius 2 is 2.12 bits per heavy atom. The van der Waals surface area contributed by atoms with Crippen LogP contribution in [-0.2, 0) is 11.4 Å². The van der Waals surface area contributed by atoms with Gasteiger partial charge in [0.15, 0.2) is 22.2 Å². The minimum absolute atomic E-state index is 0.0709. The largest absolute Gasteiger partial charge is 0.483 e. The van der Waals surface area contributed by atoms with Crippen LogP contribution >= 0.6 is 11.3 Å². The predicted molar refractivity (Wildman–Crippen MR) is 94.2 cm³/mol. The molecular formula is C17H16FN5O2S. The van der Waals surface area contributed by atoms with Crippen molar-refractivity contribution < 1.29 is 13.9 Å². The highest BCUT2D eigenvalue weighted by atomic mass is 32.1. The Morgan fingerprint density at radius 3 is 2.85 bits per heavy atom. The molecule has 0 saturated carbocycles. The number of para-hydroxylation sites is 1. The number of hydrogen-bond donors (Lipinski definition) is 1. The van der Waals surface area contributed by atoms with E-state index in [0.717, 1.165) is 0 Å². The van der Waals surface area contributed by atoms with Crippen LogP contribution in [0.5, 0.6) is 5.75 Å². The van der Waals surface area contributed by atoms with Gasteiger partial charge in [0.1, 0.15) is 6.61 Å². The van der Waals surface area contributed by atoms with Gasteiger partial charge in [0.2, 0.25) is 11.0 Å². The molecule has 1 N–H and O–H groups in total. The Balaban J connectivity index is 1.44. The van der Waals surface area contributed by atoms with Crippen molar-refractivity contribution in [3.05, 3.63) is 35.1 Å². The molecule has 0 saturated heterocycles. The number of rotatable bonds is 9. The van der Waals surface area contributed by atoms with Crippen LogP contribution in [0.2, 0.25) is 0 Å². The highest BCUT2D eigenvalue weighted by molar-refractivity contribution is 7.15. The van der Waals surface area contributed by atoms with Gasteiger partial charge in [0.05, 0.1) is 0 Å². The smallest absolute Gasteiger partial charge is 0.226 e. The van der Waals surface area contributed by atoms with Crippen molar-refractivity contribution in [3.63, 3.8) is 0 Å². The number of hydrogen-bond acceptors (Lipinski definition) is 7. The number of anilines is 1. The zero-order chi connectivity index (χ0) is 18.4. The van der Waals surface area contributed by atoms with E-state index in [1.165, 1.54) is 23.5 Å². The molecule has 0 aliphatic carbocycles. The van der Waals surface area contributed by atoms with E-state index in [9.17, 15) is 9.18 Å². The van der Waals surface area contributed by atoms with E-state index in [-0.39, 0.29) is 24.7 Å². The Bertz CT molecular complexity index is 855. The third-order valence-corrected chi connectivity index (χ3v) is 4.52. The first-order chi connectivity index (χ1) is 12.6. The second-order valence-electron chi connectivity index (χ2n) is 5.65. The number of benzene rings is 1. The van der Waals surface area contributed by atoms with Crippen LogP contribution in [0.15, 0.2) is 34.5 Å². The topological polar surface area (TPSA) is 88.8 Å². The number of amides is 1. The van der Waals surface area contributed by atoms with Crippen molar-refractivity contribution >= 4 is 22.4 Å². The lowest BCUT2D eigenvalue weighted by Crippen LogP contribution is -2.17. The fraction of sp³-hybridized carbons (Fsp3) is 0.353. The fourth-order valence-electron chi connectivity index (χ4n) is 2.23. The third-order valence-electron chi connectivity index (χ3n) is 3.71. The molecule has 1 aromatic heterocycles. The monoisotopic (exact) mass is 373 g/mol. The molecule has 0 atom stereocenters. The summed E-state index contributed by atoms with van der Waals surface area (Å²) in [5.41, 5.74) is -0.483. The molecule has 1 aliphatic heterocycles. The molecule has 0 spiro atoms. The summed E-state index contributed by atoms with van der Waals surface area (Å²) in [5.74, 6) is 2.05. The first-order valence-electron chi connectivity index (χ1n) is 7.97. The highest BCUT2D eigenvalue weighted by Gasteiger charge is 2.39. The number of aromatic nitrogens is 2. The average Bonchev–Trinajstić information content (AvgIpc) is 3.28. The van der Waals surface area contributed by atoms with E-state index >= 15 is 0 Å². The summed E-state index contributed by atoms with van der Waals surface area (Å²) in [5, 5.41) is 19.4. The third kappa shape index (κ3) is 4.83. The minimum atomic E-state index is -0.483. The van der Waals surface area contributed by atoms with Crippen LogP contribution in [0.4, 0.5) is 9.52 Å². The molecule has 2 heterocycles. The van der Waals surface area contributed by atoms with Gasteiger partial charge in [-0.1, -0.05) is 23.5 Å². The second-order valence-corrected chi connectivity index (χ2v) is 6.72. The fourth-order valence-corrected chi connectivity index (χ4v) is 2.90. The van der Waals surface area contributed by atoms with Gasteiger partial charge in [0, 0.05) is 25.7 Å². The maximum absolute atomic E-state index is 13.5. The SMILES string of the molecule is C#CCCC1(CCC(=O)Nc2nnc(COc3ccccc3F)s2)N=N1. The number of nitrogens with one attached hydrogen (secondary N) is 1. The Morgan fingerprint density at radius 1 is 1.31 bits per heavy atom. The molecule has 1 amide bonds.